The number of aliphatic carboxylic acids is 1. The smallest absolute Gasteiger partial charge is 0.321 e. The lowest BCUT2D eigenvalue weighted by molar-refractivity contribution is -0.139. The quantitative estimate of drug-likeness (QED) is 0.768. The maximum atomic E-state index is 12.0. The minimum absolute atomic E-state index is 0.0667. The number of nitrogens with zero attached hydrogens (tertiary/aromatic N) is 2. The zero-order valence-corrected chi connectivity index (χ0v) is 12.0. The van der Waals surface area contributed by atoms with Crippen LogP contribution in [0.4, 0.5) is 0 Å². The van der Waals surface area contributed by atoms with Crippen molar-refractivity contribution in [3.8, 4) is 0 Å². The molecule has 0 bridgehead atoms. The van der Waals surface area contributed by atoms with Crippen LogP contribution in [-0.4, -0.2) is 35.1 Å². The molecule has 19 heavy (non-hydrogen) atoms. The second-order valence-electron chi connectivity index (χ2n) is 4.68. The first-order chi connectivity index (χ1) is 8.76. The fraction of sp³-hybridized carbons (Fsp3) is 0.636. The lowest BCUT2D eigenvalue weighted by Crippen LogP contribution is -2.41. The number of hydrogen-bond donors (Lipinski definition) is 2. The summed E-state index contributed by atoms with van der Waals surface area (Å²) in [5, 5.41) is 8.87. The van der Waals surface area contributed by atoms with Gasteiger partial charge in [0.15, 0.2) is 5.03 Å². The summed E-state index contributed by atoms with van der Waals surface area (Å²) in [6.45, 7) is 6.10. The molecule has 2 N–H and O–H groups in total. The van der Waals surface area contributed by atoms with Crippen LogP contribution in [0.2, 0.25) is 0 Å². The number of sulfonamides is 1. The molecule has 0 aliphatic heterocycles. The summed E-state index contributed by atoms with van der Waals surface area (Å²) in [5.74, 6) is -1.12. The second-order valence-corrected chi connectivity index (χ2v) is 6.34. The van der Waals surface area contributed by atoms with Gasteiger partial charge in [-0.05, 0) is 19.3 Å². The molecule has 0 saturated heterocycles. The number of nitrogens with one attached hydrogen (secondary N) is 1. The highest BCUT2D eigenvalue weighted by Gasteiger charge is 2.27. The third kappa shape index (κ3) is 4.32. The van der Waals surface area contributed by atoms with Crippen LogP contribution in [0.15, 0.2) is 17.6 Å². The van der Waals surface area contributed by atoms with Crippen LogP contribution in [0.5, 0.6) is 0 Å². The van der Waals surface area contributed by atoms with Crippen molar-refractivity contribution >= 4 is 16.0 Å². The first-order valence-corrected chi connectivity index (χ1v) is 7.51. The molecule has 0 saturated carbocycles. The van der Waals surface area contributed by atoms with Gasteiger partial charge in [0.25, 0.3) is 10.0 Å². The number of carboxylic acid groups (broad SMARTS) is 1. The van der Waals surface area contributed by atoms with Gasteiger partial charge >= 0.3 is 5.97 Å². The Morgan fingerprint density at radius 2 is 2.16 bits per heavy atom. The number of carboxylic acids is 1. The maximum absolute atomic E-state index is 12.0. The van der Waals surface area contributed by atoms with Crippen molar-refractivity contribution in [1.29, 1.82) is 0 Å². The summed E-state index contributed by atoms with van der Waals surface area (Å²) in [5.41, 5.74) is 0. The number of aryl methyl sites for hydroxylation is 1. The van der Waals surface area contributed by atoms with Crippen LogP contribution in [0.3, 0.4) is 0 Å². The Balaban J connectivity index is 2.90. The van der Waals surface area contributed by atoms with Gasteiger partial charge in [-0.15, -0.1) is 0 Å². The summed E-state index contributed by atoms with van der Waals surface area (Å²) in [6.07, 6.45) is 2.99. The summed E-state index contributed by atoms with van der Waals surface area (Å²) in [7, 11) is -3.90. The van der Waals surface area contributed by atoms with Crippen molar-refractivity contribution in [3.63, 3.8) is 0 Å². The fourth-order valence-corrected chi connectivity index (χ4v) is 2.72. The molecule has 0 radical (unpaired) electrons. The molecule has 0 unspecified atom stereocenters. The highest BCUT2D eigenvalue weighted by atomic mass is 32.2. The highest BCUT2D eigenvalue weighted by molar-refractivity contribution is 7.89. The Morgan fingerprint density at radius 3 is 2.58 bits per heavy atom. The number of imidazole rings is 1. The normalized spacial score (nSPS) is 13.7. The molecule has 0 fully saturated rings. The zero-order chi connectivity index (χ0) is 14.6. The number of rotatable bonds is 7. The monoisotopic (exact) mass is 289 g/mol. The first-order valence-electron chi connectivity index (χ1n) is 6.03. The minimum Gasteiger partial charge on any atom is -0.480 e. The van der Waals surface area contributed by atoms with E-state index in [-0.39, 0.29) is 17.4 Å². The second kappa shape index (κ2) is 6.16. The van der Waals surface area contributed by atoms with Gasteiger partial charge in [0.05, 0.1) is 6.33 Å². The van der Waals surface area contributed by atoms with Crippen LogP contribution in [-0.2, 0) is 21.4 Å². The van der Waals surface area contributed by atoms with Gasteiger partial charge in [0.1, 0.15) is 6.04 Å². The first kappa shape index (κ1) is 15.6. The summed E-state index contributed by atoms with van der Waals surface area (Å²) in [4.78, 5) is 14.8. The molecule has 1 aromatic heterocycles. The van der Waals surface area contributed by atoms with E-state index in [2.05, 4.69) is 9.71 Å². The van der Waals surface area contributed by atoms with Gasteiger partial charge in [0.2, 0.25) is 0 Å². The number of aromatic nitrogens is 2. The van der Waals surface area contributed by atoms with Crippen LogP contribution in [0.1, 0.15) is 27.2 Å². The average Bonchev–Trinajstić information content (AvgIpc) is 2.76. The van der Waals surface area contributed by atoms with Crippen molar-refractivity contribution in [3.05, 3.63) is 12.5 Å². The Hall–Kier alpha value is -1.41. The number of carbonyl (C=O) groups is 1. The molecule has 0 aliphatic carbocycles. The van der Waals surface area contributed by atoms with Gasteiger partial charge in [-0.1, -0.05) is 13.8 Å². The third-order valence-corrected chi connectivity index (χ3v) is 3.91. The molecule has 8 heteroatoms. The lowest BCUT2D eigenvalue weighted by Gasteiger charge is -2.15. The van der Waals surface area contributed by atoms with Crippen LogP contribution in [0, 0.1) is 5.92 Å². The largest absolute Gasteiger partial charge is 0.480 e. The maximum Gasteiger partial charge on any atom is 0.321 e. The molecule has 108 valence electrons. The molecule has 7 nitrogen and oxygen atoms in total. The van der Waals surface area contributed by atoms with Gasteiger partial charge in [0, 0.05) is 12.7 Å². The zero-order valence-electron chi connectivity index (χ0n) is 11.2. The van der Waals surface area contributed by atoms with Gasteiger partial charge in [-0.2, -0.15) is 4.72 Å². The summed E-state index contributed by atoms with van der Waals surface area (Å²) >= 11 is 0. The summed E-state index contributed by atoms with van der Waals surface area (Å²) < 4.78 is 27.8. The average molecular weight is 289 g/mol. The van der Waals surface area contributed by atoms with E-state index >= 15 is 0 Å². The van der Waals surface area contributed by atoms with E-state index in [1.54, 1.807) is 4.57 Å². The van der Waals surface area contributed by atoms with Crippen molar-refractivity contribution in [2.45, 2.75) is 44.8 Å². The van der Waals surface area contributed by atoms with Crippen molar-refractivity contribution in [1.82, 2.24) is 14.3 Å². The third-order valence-electron chi connectivity index (χ3n) is 2.55. The molecule has 0 amide bonds. The lowest BCUT2D eigenvalue weighted by atomic mass is 10.1. The van der Waals surface area contributed by atoms with Crippen LogP contribution < -0.4 is 4.72 Å². The number of hydrogen-bond acceptors (Lipinski definition) is 4. The van der Waals surface area contributed by atoms with Crippen molar-refractivity contribution in [2.75, 3.05) is 0 Å². The SMILES string of the molecule is CCn1cnc(S(=O)(=O)N[C@H](CC(C)C)C(=O)O)c1. The Bertz CT molecular complexity index is 536. The van der Waals surface area contributed by atoms with E-state index in [1.807, 2.05) is 20.8 Å². The predicted octanol–water partition coefficient (Wildman–Crippen LogP) is 0.681. The van der Waals surface area contributed by atoms with E-state index in [0.717, 1.165) is 0 Å². The predicted molar refractivity (Wildman–Crippen MR) is 69.1 cm³/mol. The molecular weight excluding hydrogens is 270 g/mol. The van der Waals surface area contributed by atoms with Gasteiger partial charge in [-0.3, -0.25) is 4.79 Å². The van der Waals surface area contributed by atoms with E-state index in [0.29, 0.717) is 6.54 Å². The van der Waals surface area contributed by atoms with E-state index in [9.17, 15) is 13.2 Å². The molecule has 0 aromatic carbocycles. The van der Waals surface area contributed by atoms with Gasteiger partial charge < -0.3 is 9.67 Å². The minimum atomic E-state index is -3.90. The molecule has 1 atom stereocenters. The highest BCUT2D eigenvalue weighted by Crippen LogP contribution is 2.10. The van der Waals surface area contributed by atoms with Crippen LogP contribution >= 0.6 is 0 Å². The van der Waals surface area contributed by atoms with Crippen molar-refractivity contribution in [2.24, 2.45) is 5.92 Å². The Labute approximate surface area is 112 Å². The molecule has 1 rings (SSSR count). The summed E-state index contributed by atoms with van der Waals surface area (Å²) in [6, 6.07) is -1.14. The Morgan fingerprint density at radius 1 is 1.53 bits per heavy atom. The fourth-order valence-electron chi connectivity index (χ4n) is 1.57. The molecule has 1 heterocycles. The van der Waals surface area contributed by atoms with E-state index < -0.39 is 22.0 Å². The molecule has 1 aromatic rings. The van der Waals surface area contributed by atoms with Gasteiger partial charge in [-0.25, -0.2) is 13.4 Å². The van der Waals surface area contributed by atoms with E-state index in [1.165, 1.54) is 12.5 Å². The Kier molecular flexibility index (Phi) is 5.07. The van der Waals surface area contributed by atoms with Crippen LogP contribution in [0.25, 0.3) is 0 Å². The standard InChI is InChI=1S/C11H19N3O4S/c1-4-14-6-10(12-7-14)19(17,18)13-9(11(15)16)5-8(2)3/h6-9,13H,4-5H2,1-3H3,(H,15,16)/t9-/m1/s1. The molecule has 0 spiro atoms. The molecule has 0 aliphatic rings. The molecular formula is C11H19N3O4S. The topological polar surface area (TPSA) is 101 Å². The van der Waals surface area contributed by atoms with E-state index in [4.69, 9.17) is 5.11 Å². The van der Waals surface area contributed by atoms with Crippen molar-refractivity contribution < 1.29 is 18.3 Å².